The van der Waals surface area contributed by atoms with Gasteiger partial charge in [-0.05, 0) is 73.7 Å². The number of ketones is 2. The van der Waals surface area contributed by atoms with Crippen LogP contribution < -0.4 is 9.64 Å². The molecular formula is C30H24ClNO6. The number of allylic oxidation sites excluding steroid dienone is 6. The molecule has 2 aromatic carbocycles. The number of halogens is 1. The number of amides is 2. The highest BCUT2D eigenvalue weighted by Crippen LogP contribution is 2.55. The number of carbonyl (C=O) groups excluding carboxylic acids is 4. The van der Waals surface area contributed by atoms with E-state index in [-0.39, 0.29) is 41.3 Å². The minimum Gasteiger partial charge on any atom is -0.504 e. The molecule has 0 aromatic heterocycles. The highest BCUT2D eigenvalue weighted by Gasteiger charge is 2.56. The zero-order valence-corrected chi connectivity index (χ0v) is 21.5. The summed E-state index contributed by atoms with van der Waals surface area (Å²) in [6.07, 6.45) is 3.84. The van der Waals surface area contributed by atoms with E-state index in [0.29, 0.717) is 39.4 Å². The van der Waals surface area contributed by atoms with Gasteiger partial charge in [-0.3, -0.25) is 24.1 Å². The second-order valence-corrected chi connectivity index (χ2v) is 10.6. The topological polar surface area (TPSA) is 101 Å². The fraction of sp³-hybridized carbons (Fsp3) is 0.267. The Bertz CT molecular complexity index is 1530. The Morgan fingerprint density at radius 2 is 1.74 bits per heavy atom. The van der Waals surface area contributed by atoms with E-state index in [1.807, 2.05) is 6.08 Å². The van der Waals surface area contributed by atoms with Crippen LogP contribution in [-0.2, 0) is 19.2 Å². The van der Waals surface area contributed by atoms with Crippen LogP contribution in [0, 0.1) is 17.8 Å². The zero-order valence-electron chi connectivity index (χ0n) is 20.7. The molecule has 2 aromatic rings. The maximum Gasteiger partial charge on any atom is 0.238 e. The molecule has 4 atom stereocenters. The number of imide groups is 1. The molecule has 0 spiro atoms. The lowest BCUT2D eigenvalue weighted by atomic mass is 9.59. The van der Waals surface area contributed by atoms with E-state index in [1.54, 1.807) is 43.3 Å². The van der Waals surface area contributed by atoms with Crippen molar-refractivity contribution in [3.05, 3.63) is 87.5 Å². The monoisotopic (exact) mass is 529 g/mol. The van der Waals surface area contributed by atoms with Gasteiger partial charge in [0.05, 0.1) is 24.6 Å². The van der Waals surface area contributed by atoms with Crippen molar-refractivity contribution in [3.63, 3.8) is 0 Å². The van der Waals surface area contributed by atoms with Crippen molar-refractivity contribution < 1.29 is 29.0 Å². The van der Waals surface area contributed by atoms with Gasteiger partial charge in [0.2, 0.25) is 11.8 Å². The van der Waals surface area contributed by atoms with Crippen LogP contribution in [0.25, 0.3) is 0 Å². The average Bonchev–Trinajstić information content (AvgIpc) is 3.16. The van der Waals surface area contributed by atoms with E-state index >= 15 is 0 Å². The normalized spacial score (nSPS) is 26.6. The summed E-state index contributed by atoms with van der Waals surface area (Å²) in [4.78, 5) is 55.2. The zero-order chi connectivity index (χ0) is 26.9. The van der Waals surface area contributed by atoms with Gasteiger partial charge in [0.25, 0.3) is 0 Å². The van der Waals surface area contributed by atoms with Gasteiger partial charge < -0.3 is 9.84 Å². The van der Waals surface area contributed by atoms with Crippen LogP contribution in [0.15, 0.2) is 76.9 Å². The standard InChI is InChI=1S/C30H24ClNO6/c1-14-11-23(34)27-21(28(14)35)13-20-18(25(27)15-3-10-24(38-2)22(33)12-15)8-9-19-26(20)30(37)32(29(19)36)17-6-4-16(31)5-7-17/h3-8,10-12,19-20,25-26,33H,9,13H2,1-2H3. The molecule has 8 heteroatoms. The lowest BCUT2D eigenvalue weighted by Crippen LogP contribution is -2.39. The maximum absolute atomic E-state index is 13.9. The number of benzene rings is 2. The first kappa shape index (κ1) is 24.4. The lowest BCUT2D eigenvalue weighted by Gasteiger charge is -2.42. The first-order chi connectivity index (χ1) is 18.2. The van der Waals surface area contributed by atoms with Crippen LogP contribution in [0.5, 0.6) is 11.5 Å². The second kappa shape index (κ2) is 8.81. The number of hydrogen-bond acceptors (Lipinski definition) is 6. The van der Waals surface area contributed by atoms with E-state index in [1.165, 1.54) is 24.2 Å². The number of methoxy groups -OCH3 is 1. The van der Waals surface area contributed by atoms with Crippen molar-refractivity contribution in [1.82, 2.24) is 0 Å². The fourth-order valence-electron chi connectivity index (χ4n) is 6.49. The van der Waals surface area contributed by atoms with Crippen LogP contribution in [-0.4, -0.2) is 35.6 Å². The quantitative estimate of drug-likeness (QED) is 0.352. The Hall–Kier alpha value is -3.97. The minimum absolute atomic E-state index is 0.0918. The Morgan fingerprint density at radius 1 is 1.00 bits per heavy atom. The molecule has 4 unspecified atom stereocenters. The fourth-order valence-corrected chi connectivity index (χ4v) is 6.62. The third-order valence-electron chi connectivity index (χ3n) is 8.18. The van der Waals surface area contributed by atoms with E-state index in [2.05, 4.69) is 0 Å². The molecule has 38 heavy (non-hydrogen) atoms. The Kier molecular flexibility index (Phi) is 5.65. The molecule has 1 heterocycles. The molecule has 192 valence electrons. The van der Waals surface area contributed by atoms with Gasteiger partial charge in [-0.25, -0.2) is 0 Å². The number of carbonyl (C=O) groups is 4. The van der Waals surface area contributed by atoms with Gasteiger partial charge in [-0.1, -0.05) is 29.3 Å². The number of aromatic hydroxyl groups is 1. The largest absolute Gasteiger partial charge is 0.504 e. The Balaban J connectivity index is 1.48. The van der Waals surface area contributed by atoms with Crippen LogP contribution in [0.3, 0.4) is 0 Å². The predicted octanol–water partition coefficient (Wildman–Crippen LogP) is 4.69. The third kappa shape index (κ3) is 3.49. The van der Waals surface area contributed by atoms with Crippen molar-refractivity contribution in [1.29, 1.82) is 0 Å². The number of fused-ring (bicyclic) bond motifs is 3. The molecule has 1 aliphatic heterocycles. The SMILES string of the molecule is COc1ccc(C2C3=CCC4C(=O)N(c5ccc(Cl)cc5)C(=O)C4C3CC3=C2C(=O)C=C(C)C3=O)cc1O. The van der Waals surface area contributed by atoms with E-state index in [9.17, 15) is 24.3 Å². The average molecular weight is 530 g/mol. The number of Topliss-reactive ketones (excluding diaryl/α,β-unsaturated/α-hetero) is 1. The van der Waals surface area contributed by atoms with E-state index < -0.39 is 23.7 Å². The molecule has 0 radical (unpaired) electrons. The number of hydrogen-bond donors (Lipinski definition) is 1. The molecule has 3 aliphatic carbocycles. The second-order valence-electron chi connectivity index (χ2n) is 10.1. The summed E-state index contributed by atoms with van der Waals surface area (Å²) in [5.41, 5.74) is 2.99. The molecular weight excluding hydrogens is 506 g/mol. The molecule has 4 aliphatic rings. The molecule has 0 saturated carbocycles. The van der Waals surface area contributed by atoms with Crippen molar-refractivity contribution in [2.75, 3.05) is 12.0 Å². The highest BCUT2D eigenvalue weighted by atomic mass is 35.5. The van der Waals surface area contributed by atoms with Gasteiger partial charge in [-0.2, -0.15) is 0 Å². The van der Waals surface area contributed by atoms with E-state index in [0.717, 1.165) is 5.57 Å². The molecule has 1 fully saturated rings. The van der Waals surface area contributed by atoms with Crippen LogP contribution in [0.2, 0.25) is 5.02 Å². The summed E-state index contributed by atoms with van der Waals surface area (Å²) in [7, 11) is 1.45. The van der Waals surface area contributed by atoms with Gasteiger partial charge >= 0.3 is 0 Å². The molecule has 7 nitrogen and oxygen atoms in total. The molecule has 1 saturated heterocycles. The van der Waals surface area contributed by atoms with Crippen molar-refractivity contribution in [2.45, 2.75) is 25.7 Å². The summed E-state index contributed by atoms with van der Waals surface area (Å²) in [5, 5.41) is 11.0. The number of ether oxygens (including phenoxy) is 1. The Labute approximate surface area is 224 Å². The maximum atomic E-state index is 13.9. The van der Waals surface area contributed by atoms with E-state index in [4.69, 9.17) is 16.3 Å². The lowest BCUT2D eigenvalue weighted by molar-refractivity contribution is -0.123. The van der Waals surface area contributed by atoms with Gasteiger partial charge in [0.15, 0.2) is 23.1 Å². The van der Waals surface area contributed by atoms with Gasteiger partial charge in [0.1, 0.15) is 0 Å². The third-order valence-corrected chi connectivity index (χ3v) is 8.44. The molecule has 6 rings (SSSR count). The number of anilines is 1. The summed E-state index contributed by atoms with van der Waals surface area (Å²) >= 11 is 6.02. The molecule has 2 amide bonds. The predicted molar refractivity (Wildman–Crippen MR) is 140 cm³/mol. The summed E-state index contributed by atoms with van der Waals surface area (Å²) in [5.74, 6) is -3.20. The van der Waals surface area contributed by atoms with Gasteiger partial charge in [-0.15, -0.1) is 0 Å². The first-order valence-corrected chi connectivity index (χ1v) is 12.8. The number of rotatable bonds is 3. The van der Waals surface area contributed by atoms with Crippen molar-refractivity contribution >= 4 is 40.7 Å². The summed E-state index contributed by atoms with van der Waals surface area (Å²) < 4.78 is 5.19. The molecule has 0 bridgehead atoms. The van der Waals surface area contributed by atoms with Crippen molar-refractivity contribution in [3.8, 4) is 11.5 Å². The van der Waals surface area contributed by atoms with Crippen LogP contribution in [0.1, 0.15) is 31.2 Å². The minimum atomic E-state index is -0.671. The number of phenolic OH excluding ortho intramolecular Hbond substituents is 1. The molecule has 1 N–H and O–H groups in total. The van der Waals surface area contributed by atoms with Crippen LogP contribution >= 0.6 is 11.6 Å². The highest BCUT2D eigenvalue weighted by molar-refractivity contribution is 6.31. The first-order valence-electron chi connectivity index (χ1n) is 12.4. The number of phenols is 1. The smallest absolute Gasteiger partial charge is 0.238 e. The summed E-state index contributed by atoms with van der Waals surface area (Å²) in [6, 6.07) is 11.5. The summed E-state index contributed by atoms with van der Waals surface area (Å²) in [6.45, 7) is 1.61. The number of nitrogens with zero attached hydrogens (tertiary/aromatic N) is 1. The van der Waals surface area contributed by atoms with Crippen LogP contribution in [0.4, 0.5) is 5.69 Å². The van der Waals surface area contributed by atoms with Gasteiger partial charge in [0, 0.05) is 27.7 Å². The van der Waals surface area contributed by atoms with Crippen molar-refractivity contribution in [2.24, 2.45) is 17.8 Å². The Morgan fingerprint density at radius 3 is 2.42 bits per heavy atom.